The summed E-state index contributed by atoms with van der Waals surface area (Å²) < 4.78 is 26.4. The first-order chi connectivity index (χ1) is 13.8. The number of nitrogens with zero attached hydrogens (tertiary/aromatic N) is 1. The Labute approximate surface area is 168 Å². The number of carbonyl (C=O) groups excluding carboxylic acids is 3. The van der Waals surface area contributed by atoms with Crippen molar-refractivity contribution in [2.45, 2.75) is 30.6 Å². The molecule has 1 fully saturated rings. The maximum Gasteiger partial charge on any atom is 0.269 e. The summed E-state index contributed by atoms with van der Waals surface area (Å²) in [5, 5.41) is 11.2. The van der Waals surface area contributed by atoms with Gasteiger partial charge in [-0.05, 0) is 49.9 Å². The van der Waals surface area contributed by atoms with E-state index in [1.807, 2.05) is 0 Å². The Balaban J connectivity index is 1.60. The van der Waals surface area contributed by atoms with Crippen molar-refractivity contribution in [2.75, 3.05) is 13.1 Å². The number of carboxylic acid groups (broad SMARTS) is 1. The van der Waals surface area contributed by atoms with Crippen LogP contribution in [0.4, 0.5) is 0 Å². The summed E-state index contributed by atoms with van der Waals surface area (Å²) in [5.41, 5.74) is 4.63. The van der Waals surface area contributed by atoms with Gasteiger partial charge in [-0.25, -0.2) is 8.42 Å². The van der Waals surface area contributed by atoms with E-state index in [0.717, 1.165) is 12.8 Å². The highest BCUT2D eigenvalue weighted by atomic mass is 32.2. The molecule has 1 aromatic rings. The van der Waals surface area contributed by atoms with Crippen molar-refractivity contribution in [3.8, 4) is 0 Å². The minimum absolute atomic E-state index is 0.103. The molecule has 1 aromatic carbocycles. The third-order valence-electron chi connectivity index (χ3n) is 5.19. The van der Waals surface area contributed by atoms with Crippen LogP contribution in [0.2, 0.25) is 0 Å². The lowest BCUT2D eigenvalue weighted by atomic mass is 9.82. The number of sulfonamides is 1. The predicted molar refractivity (Wildman–Crippen MR) is 100 cm³/mol. The summed E-state index contributed by atoms with van der Waals surface area (Å²) in [5.74, 6) is -4.36. The Hall–Kier alpha value is -2.72. The monoisotopic (exact) mass is 420 g/mol. The van der Waals surface area contributed by atoms with Crippen LogP contribution in [-0.2, 0) is 19.6 Å². The van der Waals surface area contributed by atoms with Crippen LogP contribution in [0.15, 0.2) is 41.3 Å². The van der Waals surface area contributed by atoms with Gasteiger partial charge in [0.15, 0.2) is 0 Å². The molecule has 0 bridgehead atoms. The van der Waals surface area contributed by atoms with Gasteiger partial charge in [0, 0.05) is 30.5 Å². The molecular formula is C19H22N3O6S-. The molecule has 29 heavy (non-hydrogen) atoms. The fourth-order valence-electron chi connectivity index (χ4n) is 3.50. The molecule has 2 N–H and O–H groups in total. The summed E-state index contributed by atoms with van der Waals surface area (Å²) in [6.45, 7) is 0.972. The molecule has 3 rings (SSSR count). The van der Waals surface area contributed by atoms with Crippen LogP contribution in [0.1, 0.15) is 36.0 Å². The van der Waals surface area contributed by atoms with Gasteiger partial charge in [-0.1, -0.05) is 12.2 Å². The number of aliphatic carboxylic acids is 1. The molecule has 2 amide bonds. The number of allylic oxidation sites excluding steroid dienone is 2. The second kappa shape index (κ2) is 8.75. The number of hydrogen-bond donors (Lipinski definition) is 2. The van der Waals surface area contributed by atoms with Crippen molar-refractivity contribution in [1.82, 2.24) is 15.2 Å². The summed E-state index contributed by atoms with van der Waals surface area (Å²) >= 11 is 0. The van der Waals surface area contributed by atoms with Gasteiger partial charge in [0.1, 0.15) is 0 Å². The molecule has 1 saturated heterocycles. The smallest absolute Gasteiger partial charge is 0.269 e. The van der Waals surface area contributed by atoms with E-state index in [4.69, 9.17) is 0 Å². The lowest BCUT2D eigenvalue weighted by molar-refractivity contribution is -0.313. The Kier molecular flexibility index (Phi) is 6.33. The largest absolute Gasteiger partial charge is 0.550 e. The van der Waals surface area contributed by atoms with E-state index in [2.05, 4.69) is 10.9 Å². The zero-order valence-corrected chi connectivity index (χ0v) is 16.5. The summed E-state index contributed by atoms with van der Waals surface area (Å²) in [6, 6.07) is 5.42. The maximum absolute atomic E-state index is 12.5. The quantitative estimate of drug-likeness (QED) is 0.490. The van der Waals surface area contributed by atoms with Crippen LogP contribution >= 0.6 is 0 Å². The van der Waals surface area contributed by atoms with Gasteiger partial charge in [-0.15, -0.1) is 0 Å². The van der Waals surface area contributed by atoms with Crippen LogP contribution in [0.3, 0.4) is 0 Å². The van der Waals surface area contributed by atoms with E-state index in [0.29, 0.717) is 13.1 Å². The summed E-state index contributed by atoms with van der Waals surface area (Å²) in [7, 11) is -3.57. The van der Waals surface area contributed by atoms with Gasteiger partial charge in [0.05, 0.1) is 10.8 Å². The number of carboxylic acids is 1. The van der Waals surface area contributed by atoms with Gasteiger partial charge in [-0.3, -0.25) is 20.4 Å². The maximum atomic E-state index is 12.5. The topological polar surface area (TPSA) is 136 Å². The highest BCUT2D eigenvalue weighted by Gasteiger charge is 2.30. The molecule has 1 aliphatic heterocycles. The molecule has 0 saturated carbocycles. The second-order valence-electron chi connectivity index (χ2n) is 7.05. The highest BCUT2D eigenvalue weighted by molar-refractivity contribution is 7.89. The van der Waals surface area contributed by atoms with Crippen LogP contribution in [0.25, 0.3) is 0 Å². The number of hydrogen-bond acceptors (Lipinski definition) is 6. The van der Waals surface area contributed by atoms with Gasteiger partial charge in [0.2, 0.25) is 15.9 Å². The van der Waals surface area contributed by atoms with E-state index < -0.39 is 39.6 Å². The first-order valence-corrected chi connectivity index (χ1v) is 10.8. The minimum atomic E-state index is -3.57. The number of rotatable bonds is 5. The molecule has 0 radical (unpaired) electrons. The first kappa shape index (κ1) is 21.0. The van der Waals surface area contributed by atoms with Crippen molar-refractivity contribution in [3.05, 3.63) is 42.0 Å². The lowest BCUT2D eigenvalue weighted by Gasteiger charge is -2.28. The highest BCUT2D eigenvalue weighted by Crippen LogP contribution is 2.25. The Bertz CT molecular complexity index is 920. The molecule has 1 aliphatic carbocycles. The molecule has 0 aromatic heterocycles. The molecular weight excluding hydrogens is 398 g/mol. The molecule has 0 unspecified atom stereocenters. The Morgan fingerprint density at radius 3 is 2.10 bits per heavy atom. The fraction of sp³-hybridized carbons (Fsp3) is 0.421. The van der Waals surface area contributed by atoms with Crippen LogP contribution in [0.5, 0.6) is 0 Å². The molecule has 9 nitrogen and oxygen atoms in total. The van der Waals surface area contributed by atoms with Gasteiger partial charge in [-0.2, -0.15) is 4.31 Å². The third-order valence-corrected chi connectivity index (χ3v) is 7.10. The van der Waals surface area contributed by atoms with Crippen molar-refractivity contribution >= 4 is 27.8 Å². The van der Waals surface area contributed by atoms with E-state index in [-0.39, 0.29) is 23.3 Å². The van der Waals surface area contributed by atoms with E-state index in [1.54, 1.807) is 12.2 Å². The summed E-state index contributed by atoms with van der Waals surface area (Å²) in [4.78, 5) is 35.8. The molecule has 2 aliphatic rings. The number of hydrazine groups is 1. The van der Waals surface area contributed by atoms with Crippen molar-refractivity contribution in [3.63, 3.8) is 0 Å². The molecule has 0 spiro atoms. The number of benzene rings is 1. The van der Waals surface area contributed by atoms with Gasteiger partial charge in [0.25, 0.3) is 5.91 Å². The van der Waals surface area contributed by atoms with Crippen molar-refractivity contribution < 1.29 is 27.9 Å². The van der Waals surface area contributed by atoms with E-state index >= 15 is 0 Å². The Morgan fingerprint density at radius 2 is 1.52 bits per heavy atom. The minimum Gasteiger partial charge on any atom is -0.550 e. The fourth-order valence-corrected chi connectivity index (χ4v) is 5.02. The number of amides is 2. The van der Waals surface area contributed by atoms with Gasteiger partial charge >= 0.3 is 0 Å². The second-order valence-corrected chi connectivity index (χ2v) is 8.99. The Morgan fingerprint density at radius 1 is 0.931 bits per heavy atom. The molecule has 1 heterocycles. The third kappa shape index (κ3) is 4.65. The standard InChI is InChI=1S/C19H23N3O6S/c23-17(20-21-18(24)15-5-1-2-6-16(15)19(25)26)13-7-9-14(10-8-13)29(27,28)22-11-3-4-12-22/h1-2,7-10,15-16H,3-6,11-12H2,(H,20,23)(H,21,24)(H,25,26)/p-1/t15-,16+/m1/s1. The average molecular weight is 420 g/mol. The lowest BCUT2D eigenvalue weighted by Crippen LogP contribution is -2.49. The average Bonchev–Trinajstić information content (AvgIpc) is 3.27. The normalized spacial score (nSPS) is 22.2. The number of nitrogens with one attached hydrogen (secondary N) is 2. The van der Waals surface area contributed by atoms with Crippen molar-refractivity contribution in [2.24, 2.45) is 11.8 Å². The zero-order chi connectivity index (χ0) is 21.0. The van der Waals surface area contributed by atoms with Crippen LogP contribution in [-0.4, -0.2) is 43.6 Å². The summed E-state index contributed by atoms with van der Waals surface area (Å²) in [6.07, 6.45) is 5.49. The number of carbonyl (C=O) groups is 3. The van der Waals surface area contributed by atoms with Crippen LogP contribution in [0, 0.1) is 11.8 Å². The molecule has 10 heteroatoms. The SMILES string of the molecule is O=C(NNC(=O)[C@@H]1CC=CC[C@@H]1C(=O)[O-])c1ccc(S(=O)(=O)N2CCCC2)cc1. The first-order valence-electron chi connectivity index (χ1n) is 9.37. The predicted octanol–water partition coefficient (Wildman–Crippen LogP) is -0.436. The van der Waals surface area contributed by atoms with E-state index in [9.17, 15) is 27.9 Å². The zero-order valence-electron chi connectivity index (χ0n) is 15.7. The van der Waals surface area contributed by atoms with E-state index in [1.165, 1.54) is 28.6 Å². The van der Waals surface area contributed by atoms with Crippen LogP contribution < -0.4 is 16.0 Å². The van der Waals surface area contributed by atoms with Gasteiger partial charge < -0.3 is 9.90 Å². The molecule has 156 valence electrons. The van der Waals surface area contributed by atoms with Crippen molar-refractivity contribution in [1.29, 1.82) is 0 Å². The molecule has 2 atom stereocenters.